The average molecular weight is 204 g/mol. The zero-order valence-electron chi connectivity index (χ0n) is 9.96. The molecule has 0 aliphatic rings. The molecule has 0 saturated heterocycles. The van der Waals surface area contributed by atoms with Crippen molar-refractivity contribution in [1.29, 1.82) is 0 Å². The normalized spacial score (nSPS) is 11.6. The molecule has 14 heavy (non-hydrogen) atoms. The number of hydrogen-bond donors (Lipinski definition) is 1. The summed E-state index contributed by atoms with van der Waals surface area (Å²) in [6, 6.07) is 0.0585. The van der Waals surface area contributed by atoms with Gasteiger partial charge in [-0.05, 0) is 19.3 Å². The van der Waals surface area contributed by atoms with Crippen molar-refractivity contribution in [2.24, 2.45) is 11.7 Å². The Morgan fingerprint density at radius 1 is 1.43 bits per heavy atom. The van der Waals surface area contributed by atoms with Crippen molar-refractivity contribution in [3.8, 4) is 0 Å². The second-order valence-electron chi connectivity index (χ2n) is 3.87. The highest BCUT2D eigenvalue weighted by Gasteiger charge is 1.96. The Labute approximate surface area is 87.9 Å². The van der Waals surface area contributed by atoms with E-state index in [1.807, 2.05) is 6.92 Å². The van der Waals surface area contributed by atoms with E-state index in [0.29, 0.717) is 18.1 Å². The molecule has 0 aromatic carbocycles. The number of nitrogens with zero attached hydrogens (tertiary/aromatic N) is 1. The summed E-state index contributed by atoms with van der Waals surface area (Å²) in [5.74, 6) is 0.884. The Bertz CT molecular complexity index is 124. The Hall–Kier alpha value is -0.570. The maximum Gasteiger partial charge on any atom is 0.0513 e. The van der Waals surface area contributed by atoms with Crippen molar-refractivity contribution in [1.82, 2.24) is 5.12 Å². The molecule has 1 atom stereocenters. The Kier molecular flexibility index (Phi) is 11.9. The zero-order valence-corrected chi connectivity index (χ0v) is 9.96. The first-order valence-electron chi connectivity index (χ1n) is 5.24. The quantitative estimate of drug-likeness (QED) is 0.697. The van der Waals surface area contributed by atoms with E-state index in [9.17, 15) is 4.48 Å². The largest absolute Gasteiger partial charge is 0.328 e. The van der Waals surface area contributed by atoms with Crippen LogP contribution in [0.4, 0.5) is 4.48 Å². The minimum atomic E-state index is 0.0585. The van der Waals surface area contributed by atoms with Crippen molar-refractivity contribution in [3.05, 3.63) is 12.8 Å². The molecular weight excluding hydrogens is 179 g/mol. The maximum absolute atomic E-state index is 12.2. The molecule has 0 spiro atoms. The molecule has 0 amide bonds. The van der Waals surface area contributed by atoms with Gasteiger partial charge in [0.15, 0.2) is 0 Å². The fourth-order valence-electron chi connectivity index (χ4n) is 0.418. The van der Waals surface area contributed by atoms with Crippen LogP contribution in [-0.4, -0.2) is 17.7 Å². The highest BCUT2D eigenvalue weighted by molar-refractivity contribution is 4.63. The van der Waals surface area contributed by atoms with Crippen molar-refractivity contribution in [3.63, 3.8) is 0 Å². The van der Waals surface area contributed by atoms with Gasteiger partial charge in [-0.1, -0.05) is 33.8 Å². The van der Waals surface area contributed by atoms with Crippen LogP contribution in [0.15, 0.2) is 12.8 Å². The van der Waals surface area contributed by atoms with E-state index < -0.39 is 0 Å². The summed E-state index contributed by atoms with van der Waals surface area (Å²) in [4.78, 5) is 0. The van der Waals surface area contributed by atoms with Crippen LogP contribution in [0.5, 0.6) is 0 Å². The molecule has 0 aliphatic heterocycles. The SMILES string of the molecule is C=CN(F)CCC(C)N.CCC(C)C. The van der Waals surface area contributed by atoms with Crippen LogP contribution in [0, 0.1) is 5.92 Å². The first-order valence-corrected chi connectivity index (χ1v) is 5.24. The number of rotatable bonds is 5. The Morgan fingerprint density at radius 3 is 2.07 bits per heavy atom. The summed E-state index contributed by atoms with van der Waals surface area (Å²) in [6.07, 6.45) is 3.10. The molecule has 0 heterocycles. The van der Waals surface area contributed by atoms with Crippen LogP contribution in [-0.2, 0) is 0 Å². The van der Waals surface area contributed by atoms with Crippen LogP contribution in [0.2, 0.25) is 0 Å². The molecule has 0 saturated carbocycles. The number of hydrogen-bond acceptors (Lipinski definition) is 2. The lowest BCUT2D eigenvalue weighted by molar-refractivity contribution is 0.0866. The van der Waals surface area contributed by atoms with Crippen LogP contribution in [0.3, 0.4) is 0 Å². The molecule has 0 bridgehead atoms. The summed E-state index contributed by atoms with van der Waals surface area (Å²) in [7, 11) is 0. The standard InChI is InChI=1S/C6H13FN2.C5H12/c1-3-9(7)5-4-6(2)8;1-4-5(2)3/h3,6H,1,4-5,8H2,2H3;5H,4H2,1-3H3. The molecule has 0 aliphatic carbocycles. The number of nitrogens with two attached hydrogens (primary N) is 1. The molecular formula is C11H25FN2. The third kappa shape index (κ3) is 17.5. The number of halogens is 1. The Balaban J connectivity index is 0. The molecule has 0 radical (unpaired) electrons. The highest BCUT2D eigenvalue weighted by Crippen LogP contribution is 1.94. The van der Waals surface area contributed by atoms with E-state index in [1.54, 1.807) is 0 Å². The topological polar surface area (TPSA) is 29.3 Å². The summed E-state index contributed by atoms with van der Waals surface area (Å²) < 4.78 is 12.2. The monoisotopic (exact) mass is 204 g/mol. The summed E-state index contributed by atoms with van der Waals surface area (Å²) in [5, 5.41) is 0.531. The van der Waals surface area contributed by atoms with Gasteiger partial charge in [0.1, 0.15) is 0 Å². The molecule has 86 valence electrons. The van der Waals surface area contributed by atoms with Crippen molar-refractivity contribution in [2.45, 2.75) is 46.6 Å². The first kappa shape index (κ1) is 15.9. The van der Waals surface area contributed by atoms with Gasteiger partial charge in [-0.15, -0.1) is 4.48 Å². The van der Waals surface area contributed by atoms with Gasteiger partial charge in [0.25, 0.3) is 0 Å². The van der Waals surface area contributed by atoms with Crippen molar-refractivity contribution >= 4 is 0 Å². The Morgan fingerprint density at radius 2 is 1.86 bits per heavy atom. The van der Waals surface area contributed by atoms with E-state index in [2.05, 4.69) is 27.4 Å². The van der Waals surface area contributed by atoms with Gasteiger partial charge in [0.2, 0.25) is 0 Å². The third-order valence-electron chi connectivity index (χ3n) is 1.81. The van der Waals surface area contributed by atoms with Crippen molar-refractivity contribution < 1.29 is 4.48 Å². The van der Waals surface area contributed by atoms with Crippen molar-refractivity contribution in [2.75, 3.05) is 6.54 Å². The van der Waals surface area contributed by atoms with Crippen LogP contribution in [0.25, 0.3) is 0 Å². The smallest absolute Gasteiger partial charge is 0.0513 e. The van der Waals surface area contributed by atoms with Gasteiger partial charge in [-0.3, -0.25) is 0 Å². The molecule has 2 N–H and O–H groups in total. The van der Waals surface area contributed by atoms with E-state index in [-0.39, 0.29) is 6.04 Å². The fraction of sp³-hybridized carbons (Fsp3) is 0.818. The minimum Gasteiger partial charge on any atom is -0.328 e. The van der Waals surface area contributed by atoms with Crippen LogP contribution < -0.4 is 5.73 Å². The third-order valence-corrected chi connectivity index (χ3v) is 1.81. The van der Waals surface area contributed by atoms with Crippen LogP contribution in [0.1, 0.15) is 40.5 Å². The molecule has 1 unspecified atom stereocenters. The molecule has 3 heteroatoms. The second kappa shape index (κ2) is 10.5. The minimum absolute atomic E-state index is 0.0585. The lowest BCUT2D eigenvalue weighted by atomic mass is 10.2. The summed E-state index contributed by atoms with van der Waals surface area (Å²) in [6.45, 7) is 12.1. The predicted molar refractivity (Wildman–Crippen MR) is 61.4 cm³/mol. The zero-order chi connectivity index (χ0) is 11.6. The van der Waals surface area contributed by atoms with Gasteiger partial charge in [-0.2, -0.15) is 0 Å². The second-order valence-corrected chi connectivity index (χ2v) is 3.87. The van der Waals surface area contributed by atoms with Gasteiger partial charge < -0.3 is 5.73 Å². The maximum atomic E-state index is 12.2. The molecule has 0 aromatic heterocycles. The predicted octanol–water partition coefficient (Wildman–Crippen LogP) is 3.11. The highest BCUT2D eigenvalue weighted by atomic mass is 19.2. The first-order chi connectivity index (χ1) is 6.43. The lowest BCUT2D eigenvalue weighted by Crippen LogP contribution is -2.20. The van der Waals surface area contributed by atoms with E-state index >= 15 is 0 Å². The van der Waals surface area contributed by atoms with Gasteiger partial charge >= 0.3 is 0 Å². The molecule has 0 fully saturated rings. The molecule has 0 rings (SSSR count). The molecule has 0 aromatic rings. The van der Waals surface area contributed by atoms with E-state index in [4.69, 9.17) is 5.73 Å². The summed E-state index contributed by atoms with van der Waals surface area (Å²) in [5.41, 5.74) is 5.37. The van der Waals surface area contributed by atoms with Gasteiger partial charge in [0.05, 0.1) is 6.54 Å². The molecule has 2 nitrogen and oxygen atoms in total. The fourth-order valence-corrected chi connectivity index (χ4v) is 0.418. The van der Waals surface area contributed by atoms with Gasteiger partial charge in [-0.25, -0.2) is 5.12 Å². The van der Waals surface area contributed by atoms with E-state index in [0.717, 1.165) is 12.1 Å². The lowest BCUT2D eigenvalue weighted by Gasteiger charge is -2.08. The van der Waals surface area contributed by atoms with Gasteiger partial charge in [0, 0.05) is 12.2 Å². The van der Waals surface area contributed by atoms with Crippen LogP contribution >= 0.6 is 0 Å². The average Bonchev–Trinajstić information content (AvgIpc) is 2.14. The van der Waals surface area contributed by atoms with E-state index in [1.165, 1.54) is 6.42 Å². The summed E-state index contributed by atoms with van der Waals surface area (Å²) >= 11 is 0.